The zero-order chi connectivity index (χ0) is 12.6. The van der Waals surface area contributed by atoms with E-state index in [0.717, 1.165) is 4.31 Å². The van der Waals surface area contributed by atoms with Gasteiger partial charge in [-0.05, 0) is 12.1 Å². The van der Waals surface area contributed by atoms with Crippen LogP contribution in [0.4, 0.5) is 5.69 Å². The summed E-state index contributed by atoms with van der Waals surface area (Å²) in [6.45, 7) is 0.144. The Labute approximate surface area is 99.0 Å². The molecule has 0 unspecified atom stereocenters. The standard InChI is InChI=1S/C10H12N2O4S/c1-16-6-5-12-10(13)9-7(11)3-2-4-8(9)17(12,14)15/h2-4H,5-6,11H2,1H3. The lowest BCUT2D eigenvalue weighted by molar-refractivity contribution is 0.0837. The molecule has 0 radical (unpaired) electrons. The number of fused-ring (bicyclic) bond motifs is 1. The summed E-state index contributed by atoms with van der Waals surface area (Å²) >= 11 is 0. The second kappa shape index (κ2) is 4.01. The smallest absolute Gasteiger partial charge is 0.271 e. The molecule has 0 bridgehead atoms. The molecular weight excluding hydrogens is 244 g/mol. The molecule has 0 saturated heterocycles. The Kier molecular flexibility index (Phi) is 2.80. The van der Waals surface area contributed by atoms with Crippen LogP contribution in [0.25, 0.3) is 0 Å². The molecule has 2 rings (SSSR count). The number of hydrogen-bond acceptors (Lipinski definition) is 5. The van der Waals surface area contributed by atoms with E-state index in [1.165, 1.54) is 25.3 Å². The van der Waals surface area contributed by atoms with Gasteiger partial charge in [-0.3, -0.25) is 4.79 Å². The van der Waals surface area contributed by atoms with E-state index in [-0.39, 0.29) is 29.3 Å². The molecule has 0 fully saturated rings. The van der Waals surface area contributed by atoms with Crippen molar-refractivity contribution >= 4 is 21.6 Å². The molecule has 1 aromatic rings. The number of benzene rings is 1. The first-order chi connectivity index (χ1) is 8.00. The van der Waals surface area contributed by atoms with Gasteiger partial charge in [0.25, 0.3) is 15.9 Å². The number of rotatable bonds is 3. The van der Waals surface area contributed by atoms with Gasteiger partial charge in [-0.1, -0.05) is 6.07 Å². The van der Waals surface area contributed by atoms with Crippen molar-refractivity contribution in [1.29, 1.82) is 0 Å². The fourth-order valence-corrected chi connectivity index (χ4v) is 3.32. The van der Waals surface area contributed by atoms with E-state index < -0.39 is 15.9 Å². The normalized spacial score (nSPS) is 17.2. The van der Waals surface area contributed by atoms with Crippen molar-refractivity contribution in [3.63, 3.8) is 0 Å². The zero-order valence-electron chi connectivity index (χ0n) is 9.21. The Morgan fingerprint density at radius 3 is 2.71 bits per heavy atom. The summed E-state index contributed by atoms with van der Waals surface area (Å²) in [6.07, 6.45) is 0. The molecule has 92 valence electrons. The largest absolute Gasteiger partial charge is 0.398 e. The fraction of sp³-hybridized carbons (Fsp3) is 0.300. The van der Waals surface area contributed by atoms with Crippen LogP contribution >= 0.6 is 0 Å². The van der Waals surface area contributed by atoms with Crippen molar-refractivity contribution in [2.45, 2.75) is 4.90 Å². The minimum atomic E-state index is -3.77. The number of ether oxygens (including phenoxy) is 1. The molecule has 17 heavy (non-hydrogen) atoms. The Morgan fingerprint density at radius 2 is 2.12 bits per heavy atom. The van der Waals surface area contributed by atoms with Gasteiger partial charge in [0.05, 0.1) is 18.7 Å². The van der Waals surface area contributed by atoms with Crippen LogP contribution in [0.1, 0.15) is 10.4 Å². The predicted molar refractivity (Wildman–Crippen MR) is 61.0 cm³/mol. The number of amides is 1. The Balaban J connectivity index is 2.53. The highest BCUT2D eigenvalue weighted by Gasteiger charge is 2.41. The van der Waals surface area contributed by atoms with Crippen molar-refractivity contribution in [3.8, 4) is 0 Å². The Morgan fingerprint density at radius 1 is 1.41 bits per heavy atom. The number of anilines is 1. The zero-order valence-corrected chi connectivity index (χ0v) is 10.0. The lowest BCUT2D eigenvalue weighted by Crippen LogP contribution is -2.33. The van der Waals surface area contributed by atoms with E-state index in [4.69, 9.17) is 10.5 Å². The van der Waals surface area contributed by atoms with E-state index in [2.05, 4.69) is 0 Å². The molecule has 0 spiro atoms. The predicted octanol–water partition coefficient (Wildman–Crippen LogP) is 0.0597. The monoisotopic (exact) mass is 256 g/mol. The Hall–Kier alpha value is -1.60. The molecule has 1 amide bonds. The average molecular weight is 256 g/mol. The number of sulfonamides is 1. The summed E-state index contributed by atoms with van der Waals surface area (Å²) in [5.41, 5.74) is 5.87. The van der Waals surface area contributed by atoms with Gasteiger partial charge in [0.1, 0.15) is 4.90 Å². The quantitative estimate of drug-likeness (QED) is 0.772. The highest BCUT2D eigenvalue weighted by atomic mass is 32.2. The summed E-state index contributed by atoms with van der Waals surface area (Å²) in [6, 6.07) is 4.40. The second-order valence-corrected chi connectivity index (χ2v) is 5.43. The molecule has 1 heterocycles. The van der Waals surface area contributed by atoms with Gasteiger partial charge < -0.3 is 10.5 Å². The van der Waals surface area contributed by atoms with Gasteiger partial charge >= 0.3 is 0 Å². The maximum Gasteiger partial charge on any atom is 0.271 e. The van der Waals surface area contributed by atoms with Crippen LogP contribution in [0.2, 0.25) is 0 Å². The van der Waals surface area contributed by atoms with Crippen LogP contribution in [0.15, 0.2) is 23.1 Å². The first-order valence-corrected chi connectivity index (χ1v) is 6.38. The number of carbonyl (C=O) groups excluding carboxylic acids is 1. The minimum Gasteiger partial charge on any atom is -0.398 e. The fourth-order valence-electron chi connectivity index (χ4n) is 1.74. The van der Waals surface area contributed by atoms with E-state index in [1.54, 1.807) is 0 Å². The minimum absolute atomic E-state index is 0.00815. The number of hydrogen-bond donors (Lipinski definition) is 1. The van der Waals surface area contributed by atoms with E-state index in [9.17, 15) is 13.2 Å². The van der Waals surface area contributed by atoms with Gasteiger partial charge in [0.15, 0.2) is 0 Å². The second-order valence-electron chi connectivity index (χ2n) is 3.60. The lowest BCUT2D eigenvalue weighted by atomic mass is 10.1. The van der Waals surface area contributed by atoms with Gasteiger partial charge in [-0.2, -0.15) is 0 Å². The highest BCUT2D eigenvalue weighted by molar-refractivity contribution is 7.90. The maximum atomic E-state index is 12.0. The molecule has 0 atom stereocenters. The molecule has 1 aliphatic rings. The SMILES string of the molecule is COCCN1C(=O)c2c(N)cccc2S1(=O)=O. The van der Waals surface area contributed by atoms with E-state index in [1.807, 2.05) is 0 Å². The van der Waals surface area contributed by atoms with Crippen molar-refractivity contribution in [2.24, 2.45) is 0 Å². The third-order valence-electron chi connectivity index (χ3n) is 2.57. The third kappa shape index (κ3) is 1.67. The summed E-state index contributed by atoms with van der Waals surface area (Å²) in [5.74, 6) is -0.588. The van der Waals surface area contributed by atoms with Gasteiger partial charge in [-0.25, -0.2) is 12.7 Å². The Bertz CT molecular complexity index is 568. The number of nitrogens with two attached hydrogens (primary N) is 1. The van der Waals surface area contributed by atoms with Gasteiger partial charge in [-0.15, -0.1) is 0 Å². The van der Waals surface area contributed by atoms with Crippen LogP contribution in [0, 0.1) is 0 Å². The number of nitrogens with zero attached hydrogens (tertiary/aromatic N) is 1. The van der Waals surface area contributed by atoms with Crippen molar-refractivity contribution in [3.05, 3.63) is 23.8 Å². The van der Waals surface area contributed by atoms with Crippen molar-refractivity contribution in [2.75, 3.05) is 26.0 Å². The molecular formula is C10H12N2O4S. The van der Waals surface area contributed by atoms with Crippen LogP contribution in [0.5, 0.6) is 0 Å². The van der Waals surface area contributed by atoms with Gasteiger partial charge in [0.2, 0.25) is 0 Å². The van der Waals surface area contributed by atoms with Crippen LogP contribution in [0.3, 0.4) is 0 Å². The van der Waals surface area contributed by atoms with E-state index >= 15 is 0 Å². The average Bonchev–Trinajstić information content (AvgIpc) is 2.46. The van der Waals surface area contributed by atoms with E-state index in [0.29, 0.717) is 0 Å². The summed E-state index contributed by atoms with van der Waals surface area (Å²) in [7, 11) is -2.33. The molecule has 1 aliphatic heterocycles. The van der Waals surface area contributed by atoms with Gasteiger partial charge in [0, 0.05) is 12.8 Å². The van der Waals surface area contributed by atoms with Crippen molar-refractivity contribution in [1.82, 2.24) is 4.31 Å². The molecule has 6 nitrogen and oxygen atoms in total. The first kappa shape index (κ1) is 11.9. The summed E-state index contributed by atoms with van der Waals surface area (Å²) < 4.78 is 29.7. The molecule has 7 heteroatoms. The summed E-state index contributed by atoms with van der Waals surface area (Å²) in [4.78, 5) is 11.9. The summed E-state index contributed by atoms with van der Waals surface area (Å²) in [5, 5.41) is 0. The highest BCUT2D eigenvalue weighted by Crippen LogP contribution is 2.33. The molecule has 1 aromatic carbocycles. The number of nitrogen functional groups attached to an aromatic ring is 1. The third-order valence-corrected chi connectivity index (χ3v) is 4.39. The molecule has 0 saturated carbocycles. The lowest BCUT2D eigenvalue weighted by Gasteiger charge is -2.13. The van der Waals surface area contributed by atoms with Crippen LogP contribution in [-0.4, -0.2) is 38.9 Å². The topological polar surface area (TPSA) is 89.7 Å². The molecule has 0 aromatic heterocycles. The van der Waals surface area contributed by atoms with Crippen LogP contribution in [-0.2, 0) is 14.8 Å². The molecule has 0 aliphatic carbocycles. The number of methoxy groups -OCH3 is 1. The first-order valence-electron chi connectivity index (χ1n) is 4.94. The van der Waals surface area contributed by atoms with Crippen LogP contribution < -0.4 is 5.73 Å². The maximum absolute atomic E-state index is 12.0. The van der Waals surface area contributed by atoms with Crippen molar-refractivity contribution < 1.29 is 17.9 Å². The molecule has 2 N–H and O–H groups in total. The number of carbonyl (C=O) groups is 1.